The molecule has 0 spiro atoms. The maximum atomic E-state index is 6.03. The molecule has 0 saturated carbocycles. The van der Waals surface area contributed by atoms with Gasteiger partial charge in [-0.25, -0.2) is 0 Å². The van der Waals surface area contributed by atoms with Gasteiger partial charge in [-0.2, -0.15) is 0 Å². The lowest BCUT2D eigenvalue weighted by atomic mass is 10.1. The molecule has 0 aromatic heterocycles. The van der Waals surface area contributed by atoms with Gasteiger partial charge in [0.05, 0.1) is 0 Å². The first-order valence-electron chi connectivity index (χ1n) is 6.11. The van der Waals surface area contributed by atoms with E-state index in [1.165, 1.54) is 6.42 Å². The van der Waals surface area contributed by atoms with E-state index in [-0.39, 0.29) is 0 Å². The van der Waals surface area contributed by atoms with Crippen LogP contribution in [0.15, 0.2) is 18.2 Å². The highest BCUT2D eigenvalue weighted by Crippen LogP contribution is 2.29. The summed E-state index contributed by atoms with van der Waals surface area (Å²) in [7, 11) is 0. The standard InChI is InChI=1S/C13H18Cl2N2/c1-2-16-8-10-3-4-17(9-10)13-6-11(14)5-12(15)7-13/h5-7,10,16H,2-4,8-9H2,1H3. The summed E-state index contributed by atoms with van der Waals surface area (Å²) in [4.78, 5) is 2.36. The third-order valence-corrected chi connectivity index (χ3v) is 3.62. The van der Waals surface area contributed by atoms with E-state index >= 15 is 0 Å². The molecule has 1 N–H and O–H groups in total. The molecule has 1 unspecified atom stereocenters. The minimum absolute atomic E-state index is 0.711. The van der Waals surface area contributed by atoms with Crippen molar-refractivity contribution in [1.29, 1.82) is 0 Å². The van der Waals surface area contributed by atoms with Gasteiger partial charge in [0.15, 0.2) is 0 Å². The monoisotopic (exact) mass is 272 g/mol. The number of benzene rings is 1. The number of hydrogen-bond donors (Lipinski definition) is 1. The number of anilines is 1. The molecule has 1 aromatic carbocycles. The Bertz CT molecular complexity index is 361. The highest BCUT2D eigenvalue weighted by Gasteiger charge is 2.22. The normalized spacial score (nSPS) is 19.9. The molecule has 2 rings (SSSR count). The molecule has 0 bridgehead atoms. The van der Waals surface area contributed by atoms with Gasteiger partial charge in [-0.1, -0.05) is 30.1 Å². The summed E-state index contributed by atoms with van der Waals surface area (Å²) < 4.78 is 0. The van der Waals surface area contributed by atoms with Crippen molar-refractivity contribution in [2.45, 2.75) is 13.3 Å². The van der Waals surface area contributed by atoms with Crippen molar-refractivity contribution >= 4 is 28.9 Å². The molecule has 94 valence electrons. The molecule has 0 radical (unpaired) electrons. The lowest BCUT2D eigenvalue weighted by molar-refractivity contribution is 0.528. The zero-order valence-corrected chi connectivity index (χ0v) is 11.6. The zero-order chi connectivity index (χ0) is 12.3. The minimum atomic E-state index is 0.711. The fourth-order valence-electron chi connectivity index (χ4n) is 2.30. The van der Waals surface area contributed by atoms with Crippen molar-refractivity contribution in [1.82, 2.24) is 5.32 Å². The Labute approximate surface area is 113 Å². The zero-order valence-electron chi connectivity index (χ0n) is 10.0. The molecule has 1 fully saturated rings. The summed E-state index contributed by atoms with van der Waals surface area (Å²) in [6.45, 7) is 6.46. The van der Waals surface area contributed by atoms with Crippen LogP contribution in [0.25, 0.3) is 0 Å². The summed E-state index contributed by atoms with van der Waals surface area (Å²) in [5.74, 6) is 0.729. The summed E-state index contributed by atoms with van der Waals surface area (Å²) in [6, 6.07) is 5.75. The molecular weight excluding hydrogens is 255 g/mol. The SMILES string of the molecule is CCNCC1CCN(c2cc(Cl)cc(Cl)c2)C1. The summed E-state index contributed by atoms with van der Waals surface area (Å²) >= 11 is 12.1. The van der Waals surface area contributed by atoms with E-state index in [2.05, 4.69) is 17.1 Å². The van der Waals surface area contributed by atoms with Crippen molar-refractivity contribution in [3.8, 4) is 0 Å². The third kappa shape index (κ3) is 3.51. The van der Waals surface area contributed by atoms with Crippen LogP contribution in [-0.2, 0) is 0 Å². The largest absolute Gasteiger partial charge is 0.371 e. The Morgan fingerprint density at radius 3 is 2.65 bits per heavy atom. The number of hydrogen-bond acceptors (Lipinski definition) is 2. The number of nitrogens with zero attached hydrogens (tertiary/aromatic N) is 1. The first kappa shape index (κ1) is 13.0. The van der Waals surface area contributed by atoms with Crippen LogP contribution in [0.5, 0.6) is 0 Å². The maximum absolute atomic E-state index is 6.03. The van der Waals surface area contributed by atoms with Crippen LogP contribution in [0.1, 0.15) is 13.3 Å². The Kier molecular flexibility index (Phi) is 4.55. The van der Waals surface area contributed by atoms with Crippen molar-refractivity contribution in [2.75, 3.05) is 31.1 Å². The number of nitrogens with one attached hydrogen (secondary N) is 1. The van der Waals surface area contributed by atoms with Gasteiger partial charge in [-0.05, 0) is 43.6 Å². The van der Waals surface area contributed by atoms with Gasteiger partial charge in [0, 0.05) is 28.8 Å². The van der Waals surface area contributed by atoms with E-state index < -0.39 is 0 Å². The van der Waals surface area contributed by atoms with Crippen LogP contribution in [0, 0.1) is 5.92 Å². The topological polar surface area (TPSA) is 15.3 Å². The van der Waals surface area contributed by atoms with Gasteiger partial charge in [0.25, 0.3) is 0 Å². The fraction of sp³-hybridized carbons (Fsp3) is 0.538. The molecule has 0 amide bonds. The molecule has 1 aliphatic heterocycles. The first-order chi connectivity index (χ1) is 8.19. The highest BCUT2D eigenvalue weighted by atomic mass is 35.5. The van der Waals surface area contributed by atoms with E-state index in [1.54, 1.807) is 6.07 Å². The van der Waals surface area contributed by atoms with E-state index in [1.807, 2.05) is 12.1 Å². The van der Waals surface area contributed by atoms with Gasteiger partial charge in [0.2, 0.25) is 0 Å². The minimum Gasteiger partial charge on any atom is -0.371 e. The Morgan fingerprint density at radius 1 is 1.29 bits per heavy atom. The van der Waals surface area contributed by atoms with Crippen LogP contribution >= 0.6 is 23.2 Å². The highest BCUT2D eigenvalue weighted by molar-refractivity contribution is 6.35. The van der Waals surface area contributed by atoms with Crippen LogP contribution in [0.3, 0.4) is 0 Å². The second kappa shape index (κ2) is 5.94. The molecule has 4 heteroatoms. The predicted octanol–water partition coefficient (Wildman–Crippen LogP) is 3.43. The van der Waals surface area contributed by atoms with Crippen LogP contribution in [-0.4, -0.2) is 26.2 Å². The van der Waals surface area contributed by atoms with Gasteiger partial charge in [0.1, 0.15) is 0 Å². The lowest BCUT2D eigenvalue weighted by Crippen LogP contribution is -2.26. The van der Waals surface area contributed by atoms with E-state index in [9.17, 15) is 0 Å². The average Bonchev–Trinajstić information content (AvgIpc) is 2.73. The number of halogens is 2. The van der Waals surface area contributed by atoms with Crippen molar-refractivity contribution in [2.24, 2.45) is 5.92 Å². The molecule has 1 heterocycles. The fourth-order valence-corrected chi connectivity index (χ4v) is 2.82. The van der Waals surface area contributed by atoms with Crippen LogP contribution in [0.2, 0.25) is 10.0 Å². The third-order valence-electron chi connectivity index (χ3n) is 3.18. The Balaban J connectivity index is 1.99. The Morgan fingerprint density at radius 2 is 2.00 bits per heavy atom. The summed E-state index contributed by atoms with van der Waals surface area (Å²) in [6.07, 6.45) is 1.23. The maximum Gasteiger partial charge on any atom is 0.0441 e. The second-order valence-corrected chi connectivity index (χ2v) is 5.41. The van der Waals surface area contributed by atoms with Gasteiger partial charge in [-0.15, -0.1) is 0 Å². The molecule has 17 heavy (non-hydrogen) atoms. The van der Waals surface area contributed by atoms with Crippen LogP contribution < -0.4 is 10.2 Å². The number of rotatable bonds is 4. The molecule has 1 atom stereocenters. The van der Waals surface area contributed by atoms with Gasteiger partial charge < -0.3 is 10.2 Å². The smallest absolute Gasteiger partial charge is 0.0441 e. The van der Waals surface area contributed by atoms with Gasteiger partial charge >= 0.3 is 0 Å². The second-order valence-electron chi connectivity index (χ2n) is 4.54. The average molecular weight is 273 g/mol. The van der Waals surface area contributed by atoms with Gasteiger partial charge in [-0.3, -0.25) is 0 Å². The summed E-state index contributed by atoms with van der Waals surface area (Å²) in [5.41, 5.74) is 1.14. The molecule has 1 aromatic rings. The quantitative estimate of drug-likeness (QED) is 0.904. The van der Waals surface area contributed by atoms with Crippen molar-refractivity contribution < 1.29 is 0 Å². The van der Waals surface area contributed by atoms with E-state index in [0.29, 0.717) is 10.0 Å². The summed E-state index contributed by atoms with van der Waals surface area (Å²) in [5, 5.41) is 4.83. The van der Waals surface area contributed by atoms with E-state index in [0.717, 1.165) is 37.8 Å². The first-order valence-corrected chi connectivity index (χ1v) is 6.86. The Hall–Kier alpha value is -0.440. The predicted molar refractivity (Wildman–Crippen MR) is 75.3 cm³/mol. The van der Waals surface area contributed by atoms with E-state index in [4.69, 9.17) is 23.2 Å². The van der Waals surface area contributed by atoms with Crippen molar-refractivity contribution in [3.63, 3.8) is 0 Å². The molecule has 1 aliphatic rings. The lowest BCUT2D eigenvalue weighted by Gasteiger charge is -2.19. The van der Waals surface area contributed by atoms with Crippen molar-refractivity contribution in [3.05, 3.63) is 28.2 Å². The molecule has 1 saturated heterocycles. The molecular formula is C13H18Cl2N2. The van der Waals surface area contributed by atoms with Crippen LogP contribution in [0.4, 0.5) is 5.69 Å². The molecule has 0 aliphatic carbocycles. The molecule has 2 nitrogen and oxygen atoms in total.